The van der Waals surface area contributed by atoms with Crippen LogP contribution in [0, 0.1) is 6.92 Å². The maximum absolute atomic E-state index is 5.63. The van der Waals surface area contributed by atoms with Gasteiger partial charge in [-0.15, -0.1) is 12.4 Å². The van der Waals surface area contributed by atoms with Crippen LogP contribution in [0.4, 0.5) is 0 Å². The summed E-state index contributed by atoms with van der Waals surface area (Å²) in [6.07, 6.45) is 0. The molecule has 0 bridgehead atoms. The van der Waals surface area contributed by atoms with Gasteiger partial charge in [0.2, 0.25) is 0 Å². The molecule has 13 heavy (non-hydrogen) atoms. The molecule has 1 rings (SSSR count). The van der Waals surface area contributed by atoms with E-state index in [9.17, 15) is 0 Å². The normalized spacial score (nSPS) is 10.5. The molecular weight excluding hydrogens is 203 g/mol. The van der Waals surface area contributed by atoms with E-state index in [4.69, 9.17) is 4.52 Å². The smallest absolute Gasteiger partial charge is 0.125 e. The molecule has 0 heterocycles. The van der Waals surface area contributed by atoms with Gasteiger partial charge < -0.3 is 4.52 Å². The van der Waals surface area contributed by atoms with Crippen molar-refractivity contribution in [2.45, 2.75) is 26.4 Å². The number of aryl methyl sites for hydroxylation is 1. The van der Waals surface area contributed by atoms with E-state index in [0.717, 1.165) is 5.75 Å². The lowest BCUT2D eigenvalue weighted by molar-refractivity contribution is 0.617. The Bertz CT molecular complexity index is 250. The Morgan fingerprint density at radius 3 is 2.38 bits per heavy atom. The second kappa shape index (κ2) is 6.23. The molecule has 1 nitrogen and oxygen atoms in total. The zero-order valence-electron chi connectivity index (χ0n) is 8.20. The molecule has 1 aromatic rings. The zero-order chi connectivity index (χ0) is 8.97. The highest BCUT2D eigenvalue weighted by Gasteiger charge is 1.98. The molecule has 1 unspecified atom stereocenters. The average Bonchev–Trinajstić information content (AvgIpc) is 2.03. The summed E-state index contributed by atoms with van der Waals surface area (Å²) in [6.45, 7) is 6.40. The van der Waals surface area contributed by atoms with Gasteiger partial charge in [0.05, 0.1) is 8.81 Å². The van der Waals surface area contributed by atoms with Gasteiger partial charge in [-0.25, -0.2) is 0 Å². The molecule has 0 saturated heterocycles. The van der Waals surface area contributed by atoms with Crippen LogP contribution < -0.4 is 4.52 Å². The van der Waals surface area contributed by atoms with E-state index < -0.39 is 0 Å². The summed E-state index contributed by atoms with van der Waals surface area (Å²) >= 11 is 0. The van der Waals surface area contributed by atoms with E-state index in [0.29, 0.717) is 14.5 Å². The fourth-order valence-corrected chi connectivity index (χ4v) is 1.44. The third-order valence-corrected chi connectivity index (χ3v) is 2.31. The summed E-state index contributed by atoms with van der Waals surface area (Å²) < 4.78 is 5.63. The van der Waals surface area contributed by atoms with Gasteiger partial charge in [-0.05, 0) is 18.6 Å². The van der Waals surface area contributed by atoms with Gasteiger partial charge in [0, 0.05) is 5.66 Å². The van der Waals surface area contributed by atoms with Crippen LogP contribution in [0.15, 0.2) is 24.3 Å². The predicted molar refractivity (Wildman–Crippen MR) is 62.5 cm³/mol. The molecule has 1 aromatic carbocycles. The van der Waals surface area contributed by atoms with Crippen molar-refractivity contribution in [2.75, 3.05) is 0 Å². The Labute approximate surface area is 88.2 Å². The minimum absolute atomic E-state index is 0. The van der Waals surface area contributed by atoms with Crippen molar-refractivity contribution in [2.24, 2.45) is 0 Å². The third kappa shape index (κ3) is 4.50. The molecule has 3 heteroatoms. The fraction of sp³-hybridized carbons (Fsp3) is 0.400. The SMILES string of the molecule is Cc1ccccc1OPC(C)C.Cl. The zero-order valence-corrected chi connectivity index (χ0v) is 10.0. The van der Waals surface area contributed by atoms with Gasteiger partial charge in [-0.1, -0.05) is 32.0 Å². The first kappa shape index (κ1) is 12.7. The van der Waals surface area contributed by atoms with Crippen LogP contribution in [0.25, 0.3) is 0 Å². The molecule has 0 fully saturated rings. The number of para-hydroxylation sites is 1. The van der Waals surface area contributed by atoms with Gasteiger partial charge in [0.25, 0.3) is 0 Å². The lowest BCUT2D eigenvalue weighted by atomic mass is 10.2. The number of hydrogen-bond acceptors (Lipinski definition) is 1. The van der Waals surface area contributed by atoms with E-state index >= 15 is 0 Å². The van der Waals surface area contributed by atoms with Crippen molar-refractivity contribution < 1.29 is 4.52 Å². The van der Waals surface area contributed by atoms with Crippen molar-refractivity contribution in [3.8, 4) is 5.75 Å². The van der Waals surface area contributed by atoms with Crippen molar-refractivity contribution in [3.63, 3.8) is 0 Å². The molecule has 0 aliphatic rings. The Morgan fingerprint density at radius 2 is 1.85 bits per heavy atom. The molecular formula is C10H16ClOP. The van der Waals surface area contributed by atoms with Crippen LogP contribution >= 0.6 is 21.2 Å². The molecule has 0 radical (unpaired) electrons. The van der Waals surface area contributed by atoms with E-state index in [-0.39, 0.29) is 12.4 Å². The Kier molecular flexibility index (Phi) is 6.11. The topological polar surface area (TPSA) is 9.23 Å². The number of hydrogen-bond donors (Lipinski definition) is 0. The molecule has 0 aromatic heterocycles. The quantitative estimate of drug-likeness (QED) is 0.702. The molecule has 0 aliphatic heterocycles. The number of halogens is 1. The highest BCUT2D eigenvalue weighted by Crippen LogP contribution is 2.26. The summed E-state index contributed by atoms with van der Waals surface area (Å²) in [6, 6.07) is 8.12. The average molecular weight is 219 g/mol. The van der Waals surface area contributed by atoms with Crippen LogP contribution in [0.2, 0.25) is 0 Å². The number of rotatable bonds is 3. The fourth-order valence-electron chi connectivity index (χ4n) is 0.852. The summed E-state index contributed by atoms with van der Waals surface area (Å²) in [7, 11) is 0.562. The van der Waals surface area contributed by atoms with Crippen LogP contribution in [0.1, 0.15) is 19.4 Å². The standard InChI is InChI=1S/C10H15OP.ClH/c1-8(2)12-11-10-7-5-4-6-9(10)3;/h4-8,12H,1-3H3;1H. The minimum atomic E-state index is 0. The predicted octanol–water partition coefficient (Wildman–Crippen LogP) is 3.80. The maximum Gasteiger partial charge on any atom is 0.125 e. The van der Waals surface area contributed by atoms with Crippen LogP contribution in [0.3, 0.4) is 0 Å². The van der Waals surface area contributed by atoms with E-state index in [1.807, 2.05) is 18.2 Å². The van der Waals surface area contributed by atoms with Gasteiger partial charge in [0.15, 0.2) is 0 Å². The summed E-state index contributed by atoms with van der Waals surface area (Å²) in [5, 5.41) is 0. The van der Waals surface area contributed by atoms with E-state index in [2.05, 4.69) is 26.8 Å². The molecule has 0 amide bonds. The summed E-state index contributed by atoms with van der Waals surface area (Å²) in [5.74, 6) is 1.02. The van der Waals surface area contributed by atoms with E-state index in [1.165, 1.54) is 5.56 Å². The Hall–Kier alpha value is -0.260. The second-order valence-corrected chi connectivity index (χ2v) is 4.73. The van der Waals surface area contributed by atoms with Gasteiger partial charge in [-0.3, -0.25) is 0 Å². The largest absolute Gasteiger partial charge is 0.477 e. The van der Waals surface area contributed by atoms with Crippen molar-refractivity contribution >= 4 is 21.2 Å². The molecule has 1 atom stereocenters. The van der Waals surface area contributed by atoms with Gasteiger partial charge >= 0.3 is 0 Å². The first-order valence-electron chi connectivity index (χ1n) is 4.18. The highest BCUT2D eigenvalue weighted by molar-refractivity contribution is 7.33. The number of benzene rings is 1. The third-order valence-electron chi connectivity index (χ3n) is 1.50. The highest BCUT2D eigenvalue weighted by atomic mass is 35.5. The lowest BCUT2D eigenvalue weighted by Crippen LogP contribution is -1.89. The maximum atomic E-state index is 5.63. The summed E-state index contributed by atoms with van der Waals surface area (Å²) in [4.78, 5) is 0. The van der Waals surface area contributed by atoms with Crippen molar-refractivity contribution in [1.82, 2.24) is 0 Å². The summed E-state index contributed by atoms with van der Waals surface area (Å²) in [5.41, 5.74) is 1.83. The molecule has 0 aliphatic carbocycles. The molecule has 74 valence electrons. The first-order valence-corrected chi connectivity index (χ1v) is 5.16. The second-order valence-electron chi connectivity index (χ2n) is 3.14. The van der Waals surface area contributed by atoms with Crippen molar-refractivity contribution in [1.29, 1.82) is 0 Å². The Balaban J connectivity index is 0.00000144. The van der Waals surface area contributed by atoms with Gasteiger partial charge in [0.1, 0.15) is 5.75 Å². The lowest BCUT2D eigenvalue weighted by Gasteiger charge is -2.09. The van der Waals surface area contributed by atoms with Crippen molar-refractivity contribution in [3.05, 3.63) is 29.8 Å². The van der Waals surface area contributed by atoms with Crippen LogP contribution in [-0.4, -0.2) is 5.66 Å². The molecule has 0 saturated carbocycles. The minimum Gasteiger partial charge on any atom is -0.477 e. The van der Waals surface area contributed by atoms with Crippen LogP contribution in [0.5, 0.6) is 5.75 Å². The molecule has 0 spiro atoms. The molecule has 0 N–H and O–H groups in total. The Morgan fingerprint density at radius 1 is 1.23 bits per heavy atom. The van der Waals surface area contributed by atoms with E-state index in [1.54, 1.807) is 0 Å². The van der Waals surface area contributed by atoms with Crippen LogP contribution in [-0.2, 0) is 0 Å². The monoisotopic (exact) mass is 218 g/mol. The first-order chi connectivity index (χ1) is 5.70. The van der Waals surface area contributed by atoms with Gasteiger partial charge in [-0.2, -0.15) is 0 Å².